The van der Waals surface area contributed by atoms with E-state index in [-0.39, 0.29) is 25.7 Å². The van der Waals surface area contributed by atoms with Gasteiger partial charge in [-0.15, -0.1) is 0 Å². The van der Waals surface area contributed by atoms with Gasteiger partial charge in [-0.1, -0.05) is 35.9 Å². The molecule has 0 spiro atoms. The van der Waals surface area contributed by atoms with E-state index in [1.165, 1.54) is 0 Å². The lowest BCUT2D eigenvalue weighted by molar-refractivity contribution is -0.137. The van der Waals surface area contributed by atoms with Crippen LogP contribution in [0.3, 0.4) is 0 Å². The number of hydrogen-bond donors (Lipinski definition) is 2. The van der Waals surface area contributed by atoms with Gasteiger partial charge in [0.2, 0.25) is 0 Å². The molecule has 7 heteroatoms. The van der Waals surface area contributed by atoms with Crippen molar-refractivity contribution in [2.45, 2.75) is 31.1 Å². The van der Waals surface area contributed by atoms with Gasteiger partial charge >= 0.3 is 11.9 Å². The Hall–Kier alpha value is -2.99. The summed E-state index contributed by atoms with van der Waals surface area (Å²) in [6.45, 7) is 0. The summed E-state index contributed by atoms with van der Waals surface area (Å²) < 4.78 is 0. The first-order valence-corrected chi connectivity index (χ1v) is 9.30. The fraction of sp³-hybridized carbons (Fsp3) is 0.238. The lowest BCUT2D eigenvalue weighted by atomic mass is 9.73. The minimum absolute atomic E-state index is 0.0946. The van der Waals surface area contributed by atoms with Gasteiger partial charge in [-0.25, -0.2) is 9.97 Å². The number of carbonyl (C=O) groups is 2. The third-order valence-corrected chi connectivity index (χ3v) is 5.54. The van der Waals surface area contributed by atoms with Gasteiger partial charge < -0.3 is 10.2 Å². The normalized spacial score (nSPS) is 13.9. The Morgan fingerprint density at radius 1 is 0.929 bits per heavy atom. The smallest absolute Gasteiger partial charge is 0.303 e. The molecule has 0 saturated heterocycles. The average Bonchev–Trinajstić information content (AvgIpc) is 2.93. The van der Waals surface area contributed by atoms with Crippen LogP contribution in [0.2, 0.25) is 5.02 Å². The van der Waals surface area contributed by atoms with E-state index in [9.17, 15) is 19.8 Å². The van der Waals surface area contributed by atoms with Crippen molar-refractivity contribution >= 4 is 34.6 Å². The van der Waals surface area contributed by atoms with Gasteiger partial charge in [-0.2, -0.15) is 0 Å². The molecule has 28 heavy (non-hydrogen) atoms. The average molecular weight is 397 g/mol. The summed E-state index contributed by atoms with van der Waals surface area (Å²) in [5.41, 5.74) is 3.55. The van der Waals surface area contributed by atoms with Gasteiger partial charge in [0.15, 0.2) is 0 Å². The molecule has 1 aliphatic carbocycles. The predicted molar refractivity (Wildman–Crippen MR) is 105 cm³/mol. The molecule has 0 fully saturated rings. The molecule has 1 aromatic heterocycles. The standard InChI is InChI=1S/C21H17ClN2O4/c22-12-5-6-15-16(11-12)24-20-19(23-15)13-3-1-2-4-14(13)21(20,9-7-17(25)26)10-8-18(27)28/h1-6,11H,7-10H2,(H,25,26)(H,27,28). The molecule has 0 saturated carbocycles. The maximum absolute atomic E-state index is 11.3. The van der Waals surface area contributed by atoms with E-state index in [0.29, 0.717) is 27.4 Å². The summed E-state index contributed by atoms with van der Waals surface area (Å²) in [5, 5.41) is 19.1. The summed E-state index contributed by atoms with van der Waals surface area (Å²) in [6, 6.07) is 12.9. The number of carboxylic acid groups (broad SMARTS) is 2. The zero-order valence-electron chi connectivity index (χ0n) is 14.9. The molecule has 0 bridgehead atoms. The van der Waals surface area contributed by atoms with Crippen LogP contribution in [-0.2, 0) is 15.0 Å². The summed E-state index contributed by atoms with van der Waals surface area (Å²) in [4.78, 5) is 32.3. The van der Waals surface area contributed by atoms with E-state index in [2.05, 4.69) is 0 Å². The van der Waals surface area contributed by atoms with E-state index >= 15 is 0 Å². The van der Waals surface area contributed by atoms with E-state index in [1.54, 1.807) is 18.2 Å². The molecular formula is C21H17ClN2O4. The second-order valence-electron chi connectivity index (χ2n) is 6.97. The molecule has 2 N–H and O–H groups in total. The SMILES string of the molecule is O=C(O)CCC1(CCC(=O)O)c2ccccc2-c2nc3ccc(Cl)cc3nc21. The quantitative estimate of drug-likeness (QED) is 0.645. The zero-order valence-corrected chi connectivity index (χ0v) is 15.6. The second kappa shape index (κ2) is 6.87. The number of aliphatic carboxylic acids is 2. The monoisotopic (exact) mass is 396 g/mol. The molecule has 0 amide bonds. The first-order chi connectivity index (χ1) is 13.4. The third-order valence-electron chi connectivity index (χ3n) is 5.31. The molecule has 0 aliphatic heterocycles. The number of benzene rings is 2. The first-order valence-electron chi connectivity index (χ1n) is 8.92. The van der Waals surface area contributed by atoms with E-state index in [4.69, 9.17) is 21.6 Å². The number of rotatable bonds is 6. The van der Waals surface area contributed by atoms with Crippen molar-refractivity contribution in [3.05, 3.63) is 58.7 Å². The molecule has 2 aromatic carbocycles. The van der Waals surface area contributed by atoms with Crippen LogP contribution in [-0.4, -0.2) is 32.1 Å². The maximum atomic E-state index is 11.3. The fourth-order valence-corrected chi connectivity index (χ4v) is 4.22. The van der Waals surface area contributed by atoms with Gasteiger partial charge in [0.25, 0.3) is 0 Å². The lowest BCUT2D eigenvalue weighted by Gasteiger charge is -2.30. The number of halogens is 1. The maximum Gasteiger partial charge on any atom is 0.303 e. The highest BCUT2D eigenvalue weighted by Crippen LogP contribution is 2.52. The van der Waals surface area contributed by atoms with Crippen molar-refractivity contribution in [2.75, 3.05) is 0 Å². The molecular weight excluding hydrogens is 380 g/mol. The van der Waals surface area contributed by atoms with Crippen LogP contribution in [0.25, 0.3) is 22.3 Å². The zero-order chi connectivity index (χ0) is 19.9. The van der Waals surface area contributed by atoms with Crippen LogP contribution in [0.4, 0.5) is 0 Å². The van der Waals surface area contributed by atoms with Gasteiger partial charge in [-0.3, -0.25) is 9.59 Å². The number of nitrogens with zero attached hydrogens (tertiary/aromatic N) is 2. The topological polar surface area (TPSA) is 100 Å². The summed E-state index contributed by atoms with van der Waals surface area (Å²) in [7, 11) is 0. The Morgan fingerprint density at radius 2 is 1.61 bits per heavy atom. The van der Waals surface area contributed by atoms with E-state index < -0.39 is 17.4 Å². The first kappa shape index (κ1) is 18.4. The van der Waals surface area contributed by atoms with Crippen LogP contribution in [0.15, 0.2) is 42.5 Å². The van der Waals surface area contributed by atoms with Crippen molar-refractivity contribution in [1.82, 2.24) is 9.97 Å². The number of carboxylic acids is 2. The van der Waals surface area contributed by atoms with Crippen LogP contribution < -0.4 is 0 Å². The molecule has 0 unspecified atom stereocenters. The molecule has 3 aromatic rings. The molecule has 1 heterocycles. The Labute approximate surface area is 165 Å². The summed E-state index contributed by atoms with van der Waals surface area (Å²) in [5.74, 6) is -1.87. The largest absolute Gasteiger partial charge is 0.481 e. The summed E-state index contributed by atoms with van der Waals surface area (Å²) >= 11 is 6.11. The van der Waals surface area contributed by atoms with Gasteiger partial charge in [0.1, 0.15) is 0 Å². The van der Waals surface area contributed by atoms with Gasteiger partial charge in [0.05, 0.1) is 22.4 Å². The van der Waals surface area contributed by atoms with Crippen molar-refractivity contribution in [3.8, 4) is 11.3 Å². The van der Waals surface area contributed by atoms with Crippen molar-refractivity contribution in [1.29, 1.82) is 0 Å². The summed E-state index contributed by atoms with van der Waals surface area (Å²) in [6.07, 6.45) is 0.312. The minimum Gasteiger partial charge on any atom is -0.481 e. The molecule has 6 nitrogen and oxygen atoms in total. The van der Waals surface area contributed by atoms with Crippen LogP contribution >= 0.6 is 11.6 Å². The highest BCUT2D eigenvalue weighted by molar-refractivity contribution is 6.31. The number of aromatic nitrogens is 2. The Kier molecular flexibility index (Phi) is 4.51. The van der Waals surface area contributed by atoms with E-state index in [1.807, 2.05) is 24.3 Å². The van der Waals surface area contributed by atoms with Gasteiger partial charge in [-0.05, 0) is 36.6 Å². The van der Waals surface area contributed by atoms with Crippen molar-refractivity contribution in [3.63, 3.8) is 0 Å². The molecule has 4 rings (SSSR count). The highest BCUT2D eigenvalue weighted by atomic mass is 35.5. The number of hydrogen-bond acceptors (Lipinski definition) is 4. The highest BCUT2D eigenvalue weighted by Gasteiger charge is 2.45. The predicted octanol–water partition coefficient (Wildman–Crippen LogP) is 4.28. The minimum atomic E-state index is -0.933. The second-order valence-corrected chi connectivity index (χ2v) is 7.41. The third kappa shape index (κ3) is 2.99. The van der Waals surface area contributed by atoms with E-state index in [0.717, 1.165) is 11.1 Å². The lowest BCUT2D eigenvalue weighted by Crippen LogP contribution is -2.28. The van der Waals surface area contributed by atoms with Crippen molar-refractivity contribution in [2.24, 2.45) is 0 Å². The Bertz CT molecular complexity index is 1090. The van der Waals surface area contributed by atoms with Crippen molar-refractivity contribution < 1.29 is 19.8 Å². The van der Waals surface area contributed by atoms with Gasteiger partial charge in [0, 0.05) is 28.8 Å². The Balaban J connectivity index is 1.98. The molecule has 1 aliphatic rings. The molecule has 0 radical (unpaired) electrons. The molecule has 142 valence electrons. The van der Waals surface area contributed by atoms with Crippen LogP contribution in [0.5, 0.6) is 0 Å². The number of fused-ring (bicyclic) bond motifs is 4. The fourth-order valence-electron chi connectivity index (χ4n) is 4.06. The Morgan fingerprint density at radius 3 is 2.29 bits per heavy atom. The van der Waals surface area contributed by atoms with Crippen LogP contribution in [0, 0.1) is 0 Å². The van der Waals surface area contributed by atoms with Crippen LogP contribution in [0.1, 0.15) is 36.9 Å². The molecule has 0 atom stereocenters.